The highest BCUT2D eigenvalue weighted by molar-refractivity contribution is 5.81. The van der Waals surface area contributed by atoms with E-state index in [1.165, 1.54) is 0 Å². The van der Waals surface area contributed by atoms with Gasteiger partial charge in [-0.3, -0.25) is 4.79 Å². The van der Waals surface area contributed by atoms with E-state index in [0.29, 0.717) is 12.0 Å². The van der Waals surface area contributed by atoms with Crippen LogP contribution in [-0.4, -0.2) is 18.5 Å². The molecule has 1 atom stereocenters. The first-order chi connectivity index (χ1) is 8.56. The number of carbonyl (C=O) groups is 1. The Morgan fingerprint density at radius 1 is 1.39 bits per heavy atom. The molecule has 0 spiro atoms. The van der Waals surface area contributed by atoms with Crippen molar-refractivity contribution in [3.8, 4) is 0 Å². The Kier molecular flexibility index (Phi) is 5.52. The maximum atomic E-state index is 13.8. The predicted octanol–water partition coefficient (Wildman–Crippen LogP) is 2.24. The Morgan fingerprint density at radius 3 is 2.56 bits per heavy atom. The summed E-state index contributed by atoms with van der Waals surface area (Å²) in [6, 6.07) is 8.64. The molecule has 1 aromatic rings. The molecule has 0 aromatic heterocycles. The van der Waals surface area contributed by atoms with Gasteiger partial charge in [-0.25, -0.2) is 4.39 Å². The highest BCUT2D eigenvalue weighted by Crippen LogP contribution is 2.18. The van der Waals surface area contributed by atoms with Crippen molar-refractivity contribution in [2.24, 2.45) is 5.73 Å². The number of amides is 1. The molecule has 0 bridgehead atoms. The lowest BCUT2D eigenvalue weighted by Crippen LogP contribution is -2.40. The van der Waals surface area contributed by atoms with Gasteiger partial charge in [-0.15, -0.1) is 0 Å². The molecule has 1 rings (SSSR count). The Morgan fingerprint density at radius 2 is 2.00 bits per heavy atom. The molecule has 0 radical (unpaired) electrons. The van der Waals surface area contributed by atoms with E-state index in [9.17, 15) is 9.18 Å². The molecule has 4 heteroatoms. The number of halogens is 1. The molecule has 0 aliphatic carbocycles. The second-order valence-corrected chi connectivity index (χ2v) is 4.13. The molecular weight excluding hydrogens is 231 g/mol. The molecule has 0 unspecified atom stereocenters. The standard InChI is InChI=1S/C14H19FN2O/c1-3-13(16)14(18)17-9-12(15)10(2)11-7-5-4-6-8-11/h4-8,13H,3,9,16H2,1-2H3,(H,17,18)/b12-10+/t13-/m0/s1. The third-order valence-electron chi connectivity index (χ3n) is 2.81. The van der Waals surface area contributed by atoms with Gasteiger partial charge in [0.05, 0.1) is 12.6 Å². The zero-order valence-electron chi connectivity index (χ0n) is 10.7. The van der Waals surface area contributed by atoms with Crippen LogP contribution in [0.2, 0.25) is 0 Å². The zero-order valence-corrected chi connectivity index (χ0v) is 10.7. The maximum Gasteiger partial charge on any atom is 0.237 e. The van der Waals surface area contributed by atoms with Gasteiger partial charge in [0.1, 0.15) is 5.83 Å². The van der Waals surface area contributed by atoms with Crippen LogP contribution in [0.3, 0.4) is 0 Å². The lowest BCUT2D eigenvalue weighted by molar-refractivity contribution is -0.122. The second kappa shape index (κ2) is 6.91. The number of hydrogen-bond acceptors (Lipinski definition) is 2. The number of allylic oxidation sites excluding steroid dienone is 1. The minimum Gasteiger partial charge on any atom is -0.348 e. The van der Waals surface area contributed by atoms with E-state index < -0.39 is 6.04 Å². The van der Waals surface area contributed by atoms with Crippen molar-refractivity contribution < 1.29 is 9.18 Å². The van der Waals surface area contributed by atoms with E-state index in [1.54, 1.807) is 6.92 Å². The molecular formula is C14H19FN2O. The van der Waals surface area contributed by atoms with Crippen molar-refractivity contribution in [2.75, 3.05) is 6.54 Å². The Hall–Kier alpha value is -1.68. The summed E-state index contributed by atoms with van der Waals surface area (Å²) in [5, 5.41) is 2.49. The molecule has 0 saturated heterocycles. The van der Waals surface area contributed by atoms with E-state index in [2.05, 4.69) is 5.32 Å². The summed E-state index contributed by atoms with van der Waals surface area (Å²) in [5.41, 5.74) is 6.88. The van der Waals surface area contributed by atoms with Crippen molar-refractivity contribution in [3.63, 3.8) is 0 Å². The fourth-order valence-corrected chi connectivity index (χ4v) is 1.46. The lowest BCUT2D eigenvalue weighted by atomic mass is 10.1. The van der Waals surface area contributed by atoms with Crippen molar-refractivity contribution >= 4 is 11.5 Å². The molecule has 0 aliphatic rings. The van der Waals surface area contributed by atoms with Crippen molar-refractivity contribution in [3.05, 3.63) is 41.7 Å². The van der Waals surface area contributed by atoms with Crippen LogP contribution in [0, 0.1) is 0 Å². The smallest absolute Gasteiger partial charge is 0.237 e. The summed E-state index contributed by atoms with van der Waals surface area (Å²) in [5.74, 6) is -0.675. The topological polar surface area (TPSA) is 55.1 Å². The van der Waals surface area contributed by atoms with E-state index in [-0.39, 0.29) is 18.3 Å². The van der Waals surface area contributed by atoms with Gasteiger partial charge in [-0.2, -0.15) is 0 Å². The van der Waals surface area contributed by atoms with Crippen molar-refractivity contribution in [2.45, 2.75) is 26.3 Å². The van der Waals surface area contributed by atoms with Gasteiger partial charge in [0, 0.05) is 0 Å². The first kappa shape index (κ1) is 14.4. The van der Waals surface area contributed by atoms with Crippen LogP contribution in [0.5, 0.6) is 0 Å². The van der Waals surface area contributed by atoms with Gasteiger partial charge in [-0.1, -0.05) is 37.3 Å². The molecule has 0 aliphatic heterocycles. The molecule has 98 valence electrons. The van der Waals surface area contributed by atoms with Crippen molar-refractivity contribution in [1.29, 1.82) is 0 Å². The number of rotatable bonds is 5. The normalized spacial score (nSPS) is 13.8. The molecule has 1 aromatic carbocycles. The highest BCUT2D eigenvalue weighted by atomic mass is 19.1. The molecule has 3 N–H and O–H groups in total. The van der Waals surface area contributed by atoms with E-state index in [4.69, 9.17) is 5.73 Å². The summed E-state index contributed by atoms with van der Waals surface area (Å²) in [6.07, 6.45) is 0.537. The van der Waals surface area contributed by atoms with Crippen LogP contribution in [0.4, 0.5) is 4.39 Å². The molecule has 0 heterocycles. The van der Waals surface area contributed by atoms with Crippen LogP contribution in [-0.2, 0) is 4.79 Å². The SMILES string of the molecule is CC[C@H](N)C(=O)NC/C(F)=C(/C)c1ccccc1. The van der Waals surface area contributed by atoms with Crippen LogP contribution in [0.1, 0.15) is 25.8 Å². The third kappa shape index (κ3) is 3.96. The van der Waals surface area contributed by atoms with E-state index in [1.807, 2.05) is 37.3 Å². The largest absolute Gasteiger partial charge is 0.348 e. The van der Waals surface area contributed by atoms with Crippen LogP contribution in [0.25, 0.3) is 5.57 Å². The first-order valence-electron chi connectivity index (χ1n) is 6.00. The first-order valence-corrected chi connectivity index (χ1v) is 6.00. The van der Waals surface area contributed by atoms with Gasteiger partial charge >= 0.3 is 0 Å². The predicted molar refractivity (Wildman–Crippen MR) is 71.4 cm³/mol. The molecule has 3 nitrogen and oxygen atoms in total. The number of hydrogen-bond donors (Lipinski definition) is 2. The Labute approximate surface area is 107 Å². The van der Waals surface area contributed by atoms with Gasteiger partial charge in [0.25, 0.3) is 0 Å². The van der Waals surface area contributed by atoms with Crippen LogP contribution < -0.4 is 11.1 Å². The number of nitrogens with two attached hydrogens (primary N) is 1. The van der Waals surface area contributed by atoms with Crippen LogP contribution in [0.15, 0.2) is 36.2 Å². The number of benzene rings is 1. The van der Waals surface area contributed by atoms with E-state index in [0.717, 1.165) is 5.56 Å². The monoisotopic (exact) mass is 250 g/mol. The fraction of sp³-hybridized carbons (Fsp3) is 0.357. The summed E-state index contributed by atoms with van der Waals surface area (Å²) in [4.78, 5) is 11.4. The van der Waals surface area contributed by atoms with E-state index >= 15 is 0 Å². The average molecular weight is 250 g/mol. The average Bonchev–Trinajstić information content (AvgIpc) is 2.43. The van der Waals surface area contributed by atoms with Gasteiger partial charge in [0.2, 0.25) is 5.91 Å². The number of carbonyl (C=O) groups excluding carboxylic acids is 1. The van der Waals surface area contributed by atoms with Gasteiger partial charge < -0.3 is 11.1 Å². The molecule has 1 amide bonds. The fourth-order valence-electron chi connectivity index (χ4n) is 1.46. The molecule has 18 heavy (non-hydrogen) atoms. The zero-order chi connectivity index (χ0) is 13.5. The second-order valence-electron chi connectivity index (χ2n) is 4.13. The quantitative estimate of drug-likeness (QED) is 0.842. The molecule has 0 saturated carbocycles. The Bertz CT molecular complexity index is 429. The Balaban J connectivity index is 2.64. The highest BCUT2D eigenvalue weighted by Gasteiger charge is 2.11. The summed E-state index contributed by atoms with van der Waals surface area (Å²) < 4.78 is 13.8. The van der Waals surface area contributed by atoms with Gasteiger partial charge in [0.15, 0.2) is 0 Å². The van der Waals surface area contributed by atoms with Gasteiger partial charge in [-0.05, 0) is 24.5 Å². The minimum atomic E-state index is -0.574. The number of nitrogens with one attached hydrogen (secondary N) is 1. The summed E-state index contributed by atoms with van der Waals surface area (Å²) in [7, 11) is 0. The summed E-state index contributed by atoms with van der Waals surface area (Å²) >= 11 is 0. The summed E-state index contributed by atoms with van der Waals surface area (Å²) in [6.45, 7) is 3.38. The lowest BCUT2D eigenvalue weighted by Gasteiger charge is -2.10. The molecule has 0 fully saturated rings. The van der Waals surface area contributed by atoms with Crippen molar-refractivity contribution in [1.82, 2.24) is 5.32 Å². The third-order valence-corrected chi connectivity index (χ3v) is 2.81. The maximum absolute atomic E-state index is 13.8. The van der Waals surface area contributed by atoms with Crippen LogP contribution >= 0.6 is 0 Å². The minimum absolute atomic E-state index is 0.118.